The predicted octanol–water partition coefficient (Wildman–Crippen LogP) is 5.43. The monoisotopic (exact) mass is 512 g/mol. The lowest BCUT2D eigenvalue weighted by atomic mass is 10.1. The van der Waals surface area contributed by atoms with Crippen LogP contribution in [0.15, 0.2) is 41.4 Å². The van der Waals surface area contributed by atoms with Gasteiger partial charge in [0.25, 0.3) is 0 Å². The van der Waals surface area contributed by atoms with Gasteiger partial charge >= 0.3 is 6.18 Å². The fraction of sp³-hybridized carbons (Fsp3) is 0.316. The van der Waals surface area contributed by atoms with Crippen molar-refractivity contribution in [3.8, 4) is 0 Å². The average Bonchev–Trinajstić information content (AvgIpc) is 3.11. The molecule has 0 spiro atoms. The summed E-state index contributed by atoms with van der Waals surface area (Å²) in [5.41, 5.74) is -0.254. The Labute approximate surface area is 190 Å². The van der Waals surface area contributed by atoms with Crippen LogP contribution in [0.3, 0.4) is 0 Å². The van der Waals surface area contributed by atoms with E-state index in [2.05, 4.69) is 4.99 Å². The molecule has 166 valence electrons. The van der Waals surface area contributed by atoms with E-state index in [1.807, 2.05) is 0 Å². The second-order valence-corrected chi connectivity index (χ2v) is 11.1. The second kappa shape index (κ2) is 8.13. The summed E-state index contributed by atoms with van der Waals surface area (Å²) in [6.45, 7) is 0. The van der Waals surface area contributed by atoms with E-state index in [0.717, 1.165) is 24.3 Å². The zero-order chi connectivity index (χ0) is 22.6. The third-order valence-corrected chi connectivity index (χ3v) is 8.40. The molecule has 0 aromatic heterocycles. The fourth-order valence-corrected chi connectivity index (χ4v) is 7.06. The molecular formula is C19H14Cl2F4N2O2S2. The van der Waals surface area contributed by atoms with Crippen LogP contribution in [0.2, 0.25) is 10.0 Å². The highest BCUT2D eigenvalue weighted by Crippen LogP contribution is 2.42. The van der Waals surface area contributed by atoms with Gasteiger partial charge in [-0.3, -0.25) is 4.99 Å². The number of rotatable bonds is 3. The molecule has 2 aromatic carbocycles. The number of benzene rings is 2. The van der Waals surface area contributed by atoms with E-state index < -0.39 is 39.5 Å². The van der Waals surface area contributed by atoms with E-state index in [-0.39, 0.29) is 33.0 Å². The minimum absolute atomic E-state index is 0.0394. The first-order valence-electron chi connectivity index (χ1n) is 8.95. The molecule has 2 aliphatic heterocycles. The minimum atomic E-state index is -4.59. The maximum atomic E-state index is 13.3. The van der Waals surface area contributed by atoms with Crippen LogP contribution in [-0.2, 0) is 21.8 Å². The first-order valence-corrected chi connectivity index (χ1v) is 12.5. The van der Waals surface area contributed by atoms with Gasteiger partial charge in [0.15, 0.2) is 15.0 Å². The van der Waals surface area contributed by atoms with E-state index in [1.54, 1.807) is 0 Å². The average molecular weight is 513 g/mol. The molecule has 0 saturated carbocycles. The van der Waals surface area contributed by atoms with Crippen LogP contribution in [0.25, 0.3) is 0 Å². The van der Waals surface area contributed by atoms with Crippen LogP contribution in [0.4, 0.5) is 23.2 Å². The van der Waals surface area contributed by atoms with Gasteiger partial charge in [-0.25, -0.2) is 12.8 Å². The molecule has 2 aliphatic rings. The minimum Gasteiger partial charge on any atom is -0.313 e. The number of hydrogen-bond donors (Lipinski definition) is 0. The normalized spacial score (nSPS) is 22.5. The lowest BCUT2D eigenvalue weighted by molar-refractivity contribution is -0.137. The molecule has 0 amide bonds. The fourth-order valence-electron chi connectivity index (χ4n) is 3.57. The van der Waals surface area contributed by atoms with Gasteiger partial charge in [0, 0.05) is 10.8 Å². The smallest absolute Gasteiger partial charge is 0.313 e. The maximum absolute atomic E-state index is 13.3. The number of halogens is 6. The molecule has 2 atom stereocenters. The van der Waals surface area contributed by atoms with Gasteiger partial charge in [-0.1, -0.05) is 41.0 Å². The highest BCUT2D eigenvalue weighted by Gasteiger charge is 2.48. The predicted molar refractivity (Wildman–Crippen MR) is 115 cm³/mol. The lowest BCUT2D eigenvalue weighted by Crippen LogP contribution is -2.39. The van der Waals surface area contributed by atoms with Gasteiger partial charge in [-0.15, -0.1) is 0 Å². The molecule has 1 fully saturated rings. The van der Waals surface area contributed by atoms with Crippen LogP contribution < -0.4 is 4.90 Å². The standard InChI is InChI=1S/C19H14Cl2F4N2O2S2/c20-13-4-2-11(19(23,24)25)5-16(13)27-17-9-31(28,29)8-15(17)26-18(27)30-7-10-1-3-12(22)6-14(10)21/h1-6,15,17H,7-9H2/t15-,17+/m1/s1. The third kappa shape index (κ3) is 4.67. The molecule has 2 aromatic rings. The molecule has 12 heteroatoms. The summed E-state index contributed by atoms with van der Waals surface area (Å²) >= 11 is 13.5. The van der Waals surface area contributed by atoms with E-state index in [1.165, 1.54) is 28.8 Å². The summed E-state index contributed by atoms with van der Waals surface area (Å²) in [4.78, 5) is 5.94. The Morgan fingerprint density at radius 2 is 1.84 bits per heavy atom. The van der Waals surface area contributed by atoms with Crippen molar-refractivity contribution in [2.24, 2.45) is 4.99 Å². The van der Waals surface area contributed by atoms with Crippen LogP contribution in [-0.4, -0.2) is 37.2 Å². The van der Waals surface area contributed by atoms with Gasteiger partial charge in [-0.2, -0.15) is 13.2 Å². The first kappa shape index (κ1) is 22.7. The van der Waals surface area contributed by atoms with Crippen molar-refractivity contribution < 1.29 is 26.0 Å². The van der Waals surface area contributed by atoms with Crippen LogP contribution >= 0.6 is 35.0 Å². The van der Waals surface area contributed by atoms with Crippen LogP contribution in [0.5, 0.6) is 0 Å². The maximum Gasteiger partial charge on any atom is 0.416 e. The molecule has 31 heavy (non-hydrogen) atoms. The van der Waals surface area contributed by atoms with Crippen molar-refractivity contribution in [2.45, 2.75) is 24.0 Å². The molecule has 0 aliphatic carbocycles. The zero-order valence-corrected chi connectivity index (χ0v) is 18.7. The van der Waals surface area contributed by atoms with E-state index in [9.17, 15) is 26.0 Å². The van der Waals surface area contributed by atoms with E-state index in [4.69, 9.17) is 23.2 Å². The summed E-state index contributed by atoms with van der Waals surface area (Å²) < 4.78 is 77.4. The Morgan fingerprint density at radius 1 is 1.10 bits per heavy atom. The molecule has 4 rings (SSSR count). The van der Waals surface area contributed by atoms with Crippen molar-refractivity contribution in [3.63, 3.8) is 0 Å². The molecule has 0 unspecified atom stereocenters. The summed E-state index contributed by atoms with van der Waals surface area (Å²) in [6.07, 6.45) is -4.59. The van der Waals surface area contributed by atoms with E-state index >= 15 is 0 Å². The largest absolute Gasteiger partial charge is 0.416 e. The number of fused-ring (bicyclic) bond motifs is 1. The Bertz CT molecular complexity index is 1170. The Kier molecular flexibility index (Phi) is 5.95. The molecule has 4 nitrogen and oxygen atoms in total. The number of hydrogen-bond acceptors (Lipinski definition) is 5. The number of anilines is 1. The quantitative estimate of drug-likeness (QED) is 0.514. The second-order valence-electron chi connectivity index (χ2n) is 7.18. The third-order valence-electron chi connectivity index (χ3n) is 5.01. The summed E-state index contributed by atoms with van der Waals surface area (Å²) in [5, 5.41) is 0.593. The SMILES string of the molecule is O=S1(=O)C[C@H]2N=C(SCc3ccc(F)cc3Cl)N(c3cc(C(F)(F)F)ccc3Cl)[C@H]2C1. The van der Waals surface area contributed by atoms with Crippen molar-refractivity contribution in [1.29, 1.82) is 0 Å². The van der Waals surface area contributed by atoms with Crippen molar-refractivity contribution in [3.05, 3.63) is 63.4 Å². The number of amidine groups is 1. The van der Waals surface area contributed by atoms with Gasteiger partial charge in [-0.05, 0) is 35.9 Å². The first-order chi connectivity index (χ1) is 14.4. The van der Waals surface area contributed by atoms with E-state index in [0.29, 0.717) is 10.7 Å². The number of nitrogens with zero attached hydrogens (tertiary/aromatic N) is 2. The molecule has 2 heterocycles. The molecule has 0 N–H and O–H groups in total. The Morgan fingerprint density at radius 3 is 2.52 bits per heavy atom. The summed E-state index contributed by atoms with van der Waals surface area (Å²) in [6, 6.07) is 5.56. The molecule has 1 saturated heterocycles. The molecule has 0 radical (unpaired) electrons. The Hall–Kier alpha value is -1.49. The highest BCUT2D eigenvalue weighted by atomic mass is 35.5. The van der Waals surface area contributed by atoms with Crippen molar-refractivity contribution in [1.82, 2.24) is 0 Å². The number of sulfone groups is 1. The zero-order valence-electron chi connectivity index (χ0n) is 15.5. The van der Waals surface area contributed by atoms with Crippen LogP contribution in [0, 0.1) is 5.82 Å². The van der Waals surface area contributed by atoms with Gasteiger partial charge in [0.2, 0.25) is 0 Å². The van der Waals surface area contributed by atoms with Crippen molar-refractivity contribution in [2.75, 3.05) is 16.4 Å². The summed E-state index contributed by atoms with van der Waals surface area (Å²) in [5.74, 6) is -0.660. The summed E-state index contributed by atoms with van der Waals surface area (Å²) in [7, 11) is -3.39. The number of aliphatic imine (C=N–C) groups is 1. The lowest BCUT2D eigenvalue weighted by Gasteiger charge is -2.28. The van der Waals surface area contributed by atoms with Gasteiger partial charge in [0.05, 0.1) is 39.9 Å². The van der Waals surface area contributed by atoms with Crippen LogP contribution in [0.1, 0.15) is 11.1 Å². The van der Waals surface area contributed by atoms with Gasteiger partial charge in [0.1, 0.15) is 5.82 Å². The topological polar surface area (TPSA) is 49.7 Å². The van der Waals surface area contributed by atoms with Gasteiger partial charge < -0.3 is 4.90 Å². The number of alkyl halides is 3. The van der Waals surface area contributed by atoms with Crippen molar-refractivity contribution >= 4 is 55.7 Å². The molecule has 0 bridgehead atoms. The highest BCUT2D eigenvalue weighted by molar-refractivity contribution is 8.13. The molecular weight excluding hydrogens is 499 g/mol. The number of thioether (sulfide) groups is 1. The Balaban J connectivity index is 1.70.